The summed E-state index contributed by atoms with van der Waals surface area (Å²) in [7, 11) is -1.29. The zero-order valence-corrected chi connectivity index (χ0v) is 14.0. The van der Waals surface area contributed by atoms with E-state index >= 15 is 0 Å². The lowest BCUT2D eigenvalue weighted by molar-refractivity contribution is 0.0699. The van der Waals surface area contributed by atoms with Gasteiger partial charge in [0.2, 0.25) is 0 Å². The molecule has 0 saturated carbocycles. The highest BCUT2D eigenvalue weighted by Gasteiger charge is 2.25. The predicted molar refractivity (Wildman–Crippen MR) is 86.6 cm³/mol. The van der Waals surface area contributed by atoms with Crippen molar-refractivity contribution in [2.75, 3.05) is 14.2 Å². The lowest BCUT2D eigenvalue weighted by Gasteiger charge is -2.08. The molecule has 0 unspecified atom stereocenters. The predicted octanol–water partition coefficient (Wildman–Crippen LogP) is 1.38. The van der Waals surface area contributed by atoms with Crippen molar-refractivity contribution in [2.24, 2.45) is 0 Å². The molecule has 1 N–H and O–H groups in total. The van der Waals surface area contributed by atoms with Gasteiger partial charge in [-0.15, -0.1) is 0 Å². The largest absolute Gasteiger partial charge is 0.497 e. The molecule has 0 aliphatic rings. The zero-order valence-electron chi connectivity index (χ0n) is 13.2. The van der Waals surface area contributed by atoms with Crippen LogP contribution in [0, 0.1) is 0 Å². The van der Waals surface area contributed by atoms with E-state index in [4.69, 9.17) is 9.47 Å². The highest BCUT2D eigenvalue weighted by atomic mass is 32.2. The van der Waals surface area contributed by atoms with Crippen LogP contribution in [-0.2, 0) is 10.0 Å². The number of ether oxygens (including phenoxy) is 2. The summed E-state index contributed by atoms with van der Waals surface area (Å²) in [5.41, 5.74) is -0.310. The molecule has 130 valence electrons. The third-order valence-electron chi connectivity index (χ3n) is 3.52. The Hall–Kier alpha value is -3.14. The molecule has 10 heteroatoms. The van der Waals surface area contributed by atoms with Gasteiger partial charge in [-0.05, 0) is 24.3 Å². The monoisotopic (exact) mass is 363 g/mol. The number of hydrogen-bond donors (Lipinski definition) is 1. The molecular formula is C15H13N3O6S. The molecule has 0 fully saturated rings. The maximum Gasteiger partial charge on any atom is 0.338 e. The summed E-state index contributed by atoms with van der Waals surface area (Å²) in [4.78, 5) is 19.2. The Morgan fingerprint density at radius 1 is 1.16 bits per heavy atom. The standard InChI is InChI=1S/C15H13N3O6S/c1-23-9-3-5-10(6-4-9)25(21,22)18-8-12(14(19)20)11-7-16-15(24-2)17-13(11)18/h3-8H,1-2H3,(H,19,20). The van der Waals surface area contributed by atoms with Crippen LogP contribution in [0.25, 0.3) is 11.0 Å². The first-order valence-corrected chi connectivity index (χ1v) is 8.37. The number of carboxylic acid groups (broad SMARTS) is 1. The minimum absolute atomic E-state index is 0.0419. The molecule has 0 radical (unpaired) electrons. The van der Waals surface area contributed by atoms with Crippen molar-refractivity contribution in [1.29, 1.82) is 0 Å². The normalized spacial score (nSPS) is 11.4. The second kappa shape index (κ2) is 6.06. The van der Waals surface area contributed by atoms with E-state index in [1.807, 2.05) is 0 Å². The second-order valence-corrected chi connectivity index (χ2v) is 6.73. The summed E-state index contributed by atoms with van der Waals surface area (Å²) in [6, 6.07) is 5.63. The summed E-state index contributed by atoms with van der Waals surface area (Å²) in [6.45, 7) is 0. The Bertz CT molecular complexity index is 1060. The van der Waals surface area contributed by atoms with Gasteiger partial charge < -0.3 is 14.6 Å². The number of aromatic nitrogens is 3. The average molecular weight is 363 g/mol. The Kier molecular flexibility index (Phi) is 4.05. The molecule has 9 nitrogen and oxygen atoms in total. The molecule has 0 aliphatic heterocycles. The van der Waals surface area contributed by atoms with Gasteiger partial charge in [0.25, 0.3) is 10.0 Å². The Labute approximate surface area is 142 Å². The maximum atomic E-state index is 12.9. The van der Waals surface area contributed by atoms with Crippen LogP contribution in [0.3, 0.4) is 0 Å². The molecule has 1 aromatic carbocycles. The average Bonchev–Trinajstić information content (AvgIpc) is 3.01. The first kappa shape index (κ1) is 16.7. The summed E-state index contributed by atoms with van der Waals surface area (Å²) in [5, 5.41) is 9.40. The lowest BCUT2D eigenvalue weighted by Crippen LogP contribution is -2.13. The van der Waals surface area contributed by atoms with Crippen LogP contribution in [0.1, 0.15) is 10.4 Å². The number of carboxylic acids is 1. The topological polar surface area (TPSA) is 121 Å². The number of hydrogen-bond acceptors (Lipinski definition) is 7. The lowest BCUT2D eigenvalue weighted by atomic mass is 10.2. The molecule has 0 aliphatic carbocycles. The van der Waals surface area contributed by atoms with Crippen molar-refractivity contribution in [1.82, 2.24) is 13.9 Å². The van der Waals surface area contributed by atoms with Gasteiger partial charge in [-0.2, -0.15) is 4.98 Å². The SMILES string of the molecule is COc1ccc(S(=O)(=O)n2cc(C(=O)O)c3cnc(OC)nc32)cc1. The van der Waals surface area contributed by atoms with Gasteiger partial charge in [0.1, 0.15) is 5.75 Å². The van der Waals surface area contributed by atoms with Gasteiger partial charge in [0.15, 0.2) is 5.65 Å². The second-order valence-electron chi connectivity index (χ2n) is 4.92. The van der Waals surface area contributed by atoms with Crippen LogP contribution >= 0.6 is 0 Å². The molecule has 2 heterocycles. The van der Waals surface area contributed by atoms with Gasteiger partial charge in [0, 0.05) is 12.4 Å². The summed E-state index contributed by atoms with van der Waals surface area (Å²) in [6.07, 6.45) is 2.21. The van der Waals surface area contributed by atoms with Crippen LogP contribution in [0.2, 0.25) is 0 Å². The fourth-order valence-corrected chi connectivity index (χ4v) is 3.59. The summed E-state index contributed by atoms with van der Waals surface area (Å²) in [5.74, 6) is -0.797. The molecule has 25 heavy (non-hydrogen) atoms. The van der Waals surface area contributed by atoms with E-state index in [1.165, 1.54) is 44.7 Å². The van der Waals surface area contributed by atoms with E-state index in [2.05, 4.69) is 9.97 Å². The van der Waals surface area contributed by atoms with E-state index < -0.39 is 16.0 Å². The van der Waals surface area contributed by atoms with Gasteiger partial charge >= 0.3 is 12.0 Å². The van der Waals surface area contributed by atoms with Crippen molar-refractivity contribution >= 4 is 27.0 Å². The smallest absolute Gasteiger partial charge is 0.338 e. The van der Waals surface area contributed by atoms with Crippen molar-refractivity contribution in [3.63, 3.8) is 0 Å². The molecule has 3 aromatic rings. The van der Waals surface area contributed by atoms with E-state index in [0.717, 1.165) is 10.2 Å². The number of fused-ring (bicyclic) bond motifs is 1. The summed E-state index contributed by atoms with van der Waals surface area (Å²) >= 11 is 0. The van der Waals surface area contributed by atoms with Crippen LogP contribution < -0.4 is 9.47 Å². The number of rotatable bonds is 5. The highest BCUT2D eigenvalue weighted by Crippen LogP contribution is 2.26. The molecule has 3 rings (SSSR count). The molecule has 0 atom stereocenters. The van der Waals surface area contributed by atoms with Crippen LogP contribution in [0.15, 0.2) is 41.6 Å². The number of benzene rings is 1. The molecule has 0 saturated heterocycles. The van der Waals surface area contributed by atoms with Crippen LogP contribution in [-0.4, -0.2) is 47.7 Å². The van der Waals surface area contributed by atoms with Gasteiger partial charge in [-0.25, -0.2) is 22.2 Å². The third kappa shape index (κ3) is 2.76. The fraction of sp³-hybridized carbons (Fsp3) is 0.133. The van der Waals surface area contributed by atoms with Gasteiger partial charge in [0.05, 0.1) is 30.1 Å². The fourth-order valence-electron chi connectivity index (χ4n) is 2.28. The van der Waals surface area contributed by atoms with Crippen molar-refractivity contribution < 1.29 is 27.8 Å². The number of carbonyl (C=O) groups is 1. The minimum atomic E-state index is -4.08. The van der Waals surface area contributed by atoms with E-state index in [9.17, 15) is 18.3 Å². The first-order chi connectivity index (χ1) is 11.9. The Balaban J connectivity index is 2.27. The van der Waals surface area contributed by atoms with E-state index in [-0.39, 0.29) is 27.5 Å². The first-order valence-electron chi connectivity index (χ1n) is 6.93. The molecule has 2 aromatic heterocycles. The molecular weight excluding hydrogens is 350 g/mol. The quantitative estimate of drug-likeness (QED) is 0.722. The van der Waals surface area contributed by atoms with E-state index in [1.54, 1.807) is 0 Å². The number of nitrogens with zero attached hydrogens (tertiary/aromatic N) is 3. The maximum absolute atomic E-state index is 12.9. The highest BCUT2D eigenvalue weighted by molar-refractivity contribution is 7.90. The van der Waals surface area contributed by atoms with E-state index in [0.29, 0.717) is 5.75 Å². The van der Waals surface area contributed by atoms with Gasteiger partial charge in [-0.3, -0.25) is 0 Å². The molecule has 0 amide bonds. The van der Waals surface area contributed by atoms with Gasteiger partial charge in [-0.1, -0.05) is 0 Å². The van der Waals surface area contributed by atoms with Crippen LogP contribution in [0.4, 0.5) is 0 Å². The van der Waals surface area contributed by atoms with Crippen molar-refractivity contribution in [3.05, 3.63) is 42.2 Å². The molecule has 0 bridgehead atoms. The number of aromatic carboxylic acids is 1. The van der Waals surface area contributed by atoms with Crippen molar-refractivity contribution in [3.8, 4) is 11.8 Å². The zero-order chi connectivity index (χ0) is 18.2. The molecule has 0 spiro atoms. The Morgan fingerprint density at radius 3 is 2.40 bits per heavy atom. The Morgan fingerprint density at radius 2 is 1.84 bits per heavy atom. The minimum Gasteiger partial charge on any atom is -0.497 e. The number of methoxy groups -OCH3 is 2. The van der Waals surface area contributed by atoms with Crippen LogP contribution in [0.5, 0.6) is 11.8 Å². The van der Waals surface area contributed by atoms with Crippen molar-refractivity contribution in [2.45, 2.75) is 4.90 Å². The summed E-state index contributed by atoms with van der Waals surface area (Å²) < 4.78 is 36.5. The third-order valence-corrected chi connectivity index (χ3v) is 5.19.